The van der Waals surface area contributed by atoms with E-state index < -0.39 is 24.0 Å². The fourth-order valence-corrected chi connectivity index (χ4v) is 5.02. The third-order valence-electron chi connectivity index (χ3n) is 6.40. The van der Waals surface area contributed by atoms with Crippen LogP contribution in [-0.4, -0.2) is 49.6 Å². The van der Waals surface area contributed by atoms with Crippen LogP contribution in [0.4, 0.5) is 0 Å². The van der Waals surface area contributed by atoms with Gasteiger partial charge in [-0.3, -0.25) is 0 Å². The van der Waals surface area contributed by atoms with Crippen molar-refractivity contribution in [2.45, 2.75) is 25.9 Å². The number of allylic oxidation sites excluding steroid dienone is 2. The van der Waals surface area contributed by atoms with Crippen molar-refractivity contribution in [3.63, 3.8) is 0 Å². The largest absolute Gasteiger partial charge is 0.490 e. The lowest BCUT2D eigenvalue weighted by Crippen LogP contribution is -2.45. The Morgan fingerprint density at radius 1 is 0.675 bits per heavy atom. The monoisotopic (exact) mass is 582 g/mol. The normalized spacial score (nSPS) is 18.6. The van der Waals surface area contributed by atoms with E-state index in [0.717, 1.165) is 11.1 Å². The topological polar surface area (TPSA) is 119 Å². The fourth-order valence-electron chi connectivity index (χ4n) is 4.48. The van der Waals surface area contributed by atoms with E-state index in [2.05, 4.69) is 21.3 Å². The zero-order valence-corrected chi connectivity index (χ0v) is 24.1. The van der Waals surface area contributed by atoms with Crippen LogP contribution in [0, 0.1) is 0 Å². The maximum absolute atomic E-state index is 12.3. The van der Waals surface area contributed by atoms with Crippen LogP contribution >= 0.6 is 24.4 Å². The Balaban J connectivity index is 1.32. The number of methoxy groups -OCH3 is 2. The zero-order chi connectivity index (χ0) is 28.8. The lowest BCUT2D eigenvalue weighted by Gasteiger charge is -2.29. The van der Waals surface area contributed by atoms with Crippen molar-refractivity contribution in [1.82, 2.24) is 21.3 Å². The van der Waals surface area contributed by atoms with E-state index in [4.69, 9.17) is 43.4 Å². The van der Waals surface area contributed by atoms with Gasteiger partial charge in [0.15, 0.2) is 10.2 Å². The molecular weight excluding hydrogens is 552 g/mol. The summed E-state index contributed by atoms with van der Waals surface area (Å²) in [5.74, 6) is 0.456. The molecule has 2 aliphatic rings. The molecule has 0 saturated heterocycles. The van der Waals surface area contributed by atoms with Crippen molar-refractivity contribution >= 4 is 46.6 Å². The Morgan fingerprint density at radius 3 is 1.35 bits per heavy atom. The van der Waals surface area contributed by atoms with Gasteiger partial charge < -0.3 is 40.2 Å². The molecule has 12 heteroatoms. The van der Waals surface area contributed by atoms with E-state index >= 15 is 0 Å². The van der Waals surface area contributed by atoms with Crippen LogP contribution in [0.15, 0.2) is 71.1 Å². The first-order chi connectivity index (χ1) is 19.2. The maximum Gasteiger partial charge on any atom is 0.337 e. The van der Waals surface area contributed by atoms with Gasteiger partial charge in [-0.15, -0.1) is 0 Å². The van der Waals surface area contributed by atoms with Gasteiger partial charge in [0.1, 0.15) is 24.7 Å². The first-order valence-electron chi connectivity index (χ1n) is 12.4. The van der Waals surface area contributed by atoms with Crippen molar-refractivity contribution in [3.8, 4) is 11.5 Å². The van der Waals surface area contributed by atoms with Crippen molar-refractivity contribution < 1.29 is 28.5 Å². The van der Waals surface area contributed by atoms with E-state index in [9.17, 15) is 9.59 Å². The summed E-state index contributed by atoms with van der Waals surface area (Å²) in [5.41, 5.74) is 3.92. The van der Waals surface area contributed by atoms with Crippen LogP contribution in [0.3, 0.4) is 0 Å². The van der Waals surface area contributed by atoms with Crippen LogP contribution in [0.25, 0.3) is 0 Å². The van der Waals surface area contributed by atoms with Crippen LogP contribution < -0.4 is 30.7 Å². The van der Waals surface area contributed by atoms with Crippen molar-refractivity contribution in [1.29, 1.82) is 0 Å². The maximum atomic E-state index is 12.3. The molecule has 0 saturated carbocycles. The third kappa shape index (κ3) is 6.52. The SMILES string of the molecule is COC(=O)C1=C(C)NC(=S)NC1c1ccc(OCCOc2ccc(C3NC(=S)NC(C)=C3C(=O)OC)cc2)cc1. The number of esters is 2. The second-order valence-electron chi connectivity index (χ2n) is 8.96. The zero-order valence-electron chi connectivity index (χ0n) is 22.5. The minimum absolute atomic E-state index is 0.321. The number of hydrogen-bond acceptors (Lipinski definition) is 8. The second-order valence-corrected chi connectivity index (χ2v) is 9.77. The molecule has 2 aromatic carbocycles. The van der Waals surface area contributed by atoms with Gasteiger partial charge in [0, 0.05) is 11.4 Å². The number of carbonyl (C=O) groups is 2. The number of ether oxygens (including phenoxy) is 4. The van der Waals surface area contributed by atoms with Gasteiger partial charge in [0.05, 0.1) is 37.4 Å². The van der Waals surface area contributed by atoms with Crippen molar-refractivity contribution in [3.05, 3.63) is 82.2 Å². The average molecular weight is 583 g/mol. The molecule has 0 amide bonds. The van der Waals surface area contributed by atoms with Crippen LogP contribution in [0.2, 0.25) is 0 Å². The lowest BCUT2D eigenvalue weighted by molar-refractivity contribution is -0.137. The molecular formula is C28H30N4O6S2. The van der Waals surface area contributed by atoms with Gasteiger partial charge >= 0.3 is 11.9 Å². The number of hydrogen-bond donors (Lipinski definition) is 4. The van der Waals surface area contributed by atoms with Crippen molar-refractivity contribution in [2.75, 3.05) is 27.4 Å². The van der Waals surface area contributed by atoms with E-state index in [1.807, 2.05) is 48.5 Å². The minimum Gasteiger partial charge on any atom is -0.490 e. The molecule has 0 spiro atoms. The molecule has 2 aliphatic heterocycles. The standard InChI is InChI=1S/C28H30N4O6S2/c1-15-21(25(33)35-3)23(31-27(39)29-15)17-5-9-19(10-6-17)37-13-14-38-20-11-7-18(8-12-20)24-22(26(34)36-4)16(2)30-28(40)32-24/h5-12,23-24H,13-14H2,1-4H3,(H2,29,31,39)(H2,30,32,40). The minimum atomic E-state index is -0.430. The number of thiocarbonyl (C=S) groups is 2. The summed E-state index contributed by atoms with van der Waals surface area (Å²) in [6, 6.07) is 13.9. The summed E-state index contributed by atoms with van der Waals surface area (Å²) in [6.45, 7) is 4.22. The Morgan fingerprint density at radius 2 is 1.02 bits per heavy atom. The molecule has 4 N–H and O–H groups in total. The highest BCUT2D eigenvalue weighted by molar-refractivity contribution is 7.80. The van der Waals surface area contributed by atoms with Crippen LogP contribution in [0.1, 0.15) is 37.1 Å². The molecule has 2 atom stereocenters. The molecule has 2 aromatic rings. The second kappa shape index (κ2) is 12.8. The molecule has 10 nitrogen and oxygen atoms in total. The Labute approximate surface area is 243 Å². The molecule has 2 heterocycles. The predicted octanol–water partition coefficient (Wildman–Crippen LogP) is 3.08. The van der Waals surface area contributed by atoms with Gasteiger partial charge in [-0.1, -0.05) is 24.3 Å². The Hall–Kier alpha value is -4.16. The molecule has 2 unspecified atom stereocenters. The summed E-state index contributed by atoms with van der Waals surface area (Å²) < 4.78 is 21.5. The third-order valence-corrected chi connectivity index (χ3v) is 6.84. The number of nitrogens with one attached hydrogen (secondary N) is 4. The fraction of sp³-hybridized carbons (Fsp3) is 0.286. The molecule has 0 radical (unpaired) electrons. The van der Waals surface area contributed by atoms with Gasteiger partial charge in [-0.25, -0.2) is 9.59 Å². The summed E-state index contributed by atoms with van der Waals surface area (Å²) in [5, 5.41) is 13.0. The lowest BCUT2D eigenvalue weighted by atomic mass is 9.95. The highest BCUT2D eigenvalue weighted by Gasteiger charge is 2.31. The van der Waals surface area contributed by atoms with E-state index in [0.29, 0.717) is 57.5 Å². The molecule has 0 aliphatic carbocycles. The van der Waals surface area contributed by atoms with E-state index in [1.165, 1.54) is 14.2 Å². The molecule has 0 aromatic heterocycles. The summed E-state index contributed by atoms with van der Waals surface area (Å²) in [6.07, 6.45) is 0. The highest BCUT2D eigenvalue weighted by atomic mass is 32.1. The first kappa shape index (κ1) is 28.8. The smallest absolute Gasteiger partial charge is 0.337 e. The number of rotatable bonds is 9. The summed E-state index contributed by atoms with van der Waals surface area (Å²) >= 11 is 10.5. The summed E-state index contributed by atoms with van der Waals surface area (Å²) in [4.78, 5) is 24.7. The average Bonchev–Trinajstić information content (AvgIpc) is 2.94. The van der Waals surface area contributed by atoms with Gasteiger partial charge in [-0.2, -0.15) is 0 Å². The van der Waals surface area contributed by atoms with Gasteiger partial charge in [0.2, 0.25) is 0 Å². The van der Waals surface area contributed by atoms with E-state index in [-0.39, 0.29) is 0 Å². The molecule has 40 heavy (non-hydrogen) atoms. The molecule has 0 bridgehead atoms. The highest BCUT2D eigenvalue weighted by Crippen LogP contribution is 2.30. The quantitative estimate of drug-likeness (QED) is 0.198. The van der Waals surface area contributed by atoms with E-state index in [1.54, 1.807) is 13.8 Å². The first-order valence-corrected chi connectivity index (χ1v) is 13.2. The molecule has 0 fully saturated rings. The van der Waals surface area contributed by atoms with Crippen LogP contribution in [-0.2, 0) is 19.1 Å². The van der Waals surface area contributed by atoms with Crippen molar-refractivity contribution in [2.24, 2.45) is 0 Å². The molecule has 210 valence electrons. The van der Waals surface area contributed by atoms with Gasteiger partial charge in [-0.05, 0) is 73.7 Å². The predicted molar refractivity (Wildman–Crippen MR) is 157 cm³/mol. The summed E-state index contributed by atoms with van der Waals surface area (Å²) in [7, 11) is 2.70. The molecule has 4 rings (SSSR count). The number of benzene rings is 2. The number of carbonyl (C=O) groups excluding carboxylic acids is 2. The Bertz CT molecular complexity index is 1270. The van der Waals surface area contributed by atoms with Gasteiger partial charge in [0.25, 0.3) is 0 Å². The van der Waals surface area contributed by atoms with Crippen LogP contribution in [0.5, 0.6) is 11.5 Å². The Kier molecular flexibility index (Phi) is 9.22.